The minimum atomic E-state index is -0.376. The molecule has 4 rings (SSSR count). The Balaban J connectivity index is 1.71. The maximum absolute atomic E-state index is 12.3. The lowest BCUT2D eigenvalue weighted by atomic mass is 10.1. The number of carbonyl (C=O) groups excluding carboxylic acids is 1. The maximum Gasteiger partial charge on any atom is 0.339 e. The molecule has 0 saturated heterocycles. The SMILES string of the molecule is CC(=Cc1cccc2c1oc1ccccc12)C(=O)Oc1ccccc1. The fraction of sp³-hybridized carbons (Fsp3) is 0.0455. The molecule has 1 aromatic heterocycles. The Morgan fingerprint density at radius 1 is 0.880 bits per heavy atom. The van der Waals surface area contributed by atoms with E-state index in [9.17, 15) is 4.79 Å². The second-order valence-corrected chi connectivity index (χ2v) is 5.85. The van der Waals surface area contributed by atoms with Crippen LogP contribution < -0.4 is 4.74 Å². The van der Waals surface area contributed by atoms with Crippen molar-refractivity contribution in [2.24, 2.45) is 0 Å². The molecule has 0 amide bonds. The fourth-order valence-electron chi connectivity index (χ4n) is 2.85. The zero-order chi connectivity index (χ0) is 17.2. The summed E-state index contributed by atoms with van der Waals surface area (Å²) in [6.07, 6.45) is 1.80. The topological polar surface area (TPSA) is 39.4 Å². The highest BCUT2D eigenvalue weighted by Crippen LogP contribution is 2.31. The first-order chi connectivity index (χ1) is 12.2. The zero-order valence-corrected chi connectivity index (χ0v) is 13.7. The molecule has 0 N–H and O–H groups in total. The number of benzene rings is 3. The lowest BCUT2D eigenvalue weighted by Crippen LogP contribution is -2.08. The Morgan fingerprint density at radius 3 is 2.44 bits per heavy atom. The Labute approximate surface area is 145 Å². The van der Waals surface area contributed by atoms with Crippen LogP contribution in [0, 0.1) is 0 Å². The molecule has 0 atom stereocenters. The second kappa shape index (κ2) is 6.29. The number of furan rings is 1. The van der Waals surface area contributed by atoms with Crippen molar-refractivity contribution >= 4 is 34.0 Å². The molecule has 0 unspecified atom stereocenters. The predicted octanol–water partition coefficient (Wildman–Crippen LogP) is 5.59. The van der Waals surface area contributed by atoms with E-state index < -0.39 is 0 Å². The molecular weight excluding hydrogens is 312 g/mol. The molecule has 0 bridgehead atoms. The first-order valence-corrected chi connectivity index (χ1v) is 8.08. The smallest absolute Gasteiger partial charge is 0.339 e. The fourth-order valence-corrected chi connectivity index (χ4v) is 2.85. The van der Waals surface area contributed by atoms with Gasteiger partial charge in [0.25, 0.3) is 0 Å². The third-order valence-corrected chi connectivity index (χ3v) is 4.08. The summed E-state index contributed by atoms with van der Waals surface area (Å²) in [5.41, 5.74) is 2.98. The number of ether oxygens (including phenoxy) is 1. The van der Waals surface area contributed by atoms with E-state index in [4.69, 9.17) is 9.15 Å². The summed E-state index contributed by atoms with van der Waals surface area (Å²) in [6, 6.07) is 22.9. The molecule has 0 saturated carbocycles. The minimum absolute atomic E-state index is 0.376. The van der Waals surface area contributed by atoms with Crippen LogP contribution in [0.5, 0.6) is 5.75 Å². The van der Waals surface area contributed by atoms with Crippen LogP contribution in [0.3, 0.4) is 0 Å². The van der Waals surface area contributed by atoms with Gasteiger partial charge in [-0.3, -0.25) is 0 Å². The molecule has 3 nitrogen and oxygen atoms in total. The molecule has 0 spiro atoms. The average Bonchev–Trinajstić information content (AvgIpc) is 3.02. The van der Waals surface area contributed by atoms with Crippen molar-refractivity contribution in [1.82, 2.24) is 0 Å². The lowest BCUT2D eigenvalue weighted by molar-refractivity contribution is -0.130. The number of carbonyl (C=O) groups is 1. The van der Waals surface area contributed by atoms with Crippen molar-refractivity contribution in [2.45, 2.75) is 6.92 Å². The van der Waals surface area contributed by atoms with Gasteiger partial charge >= 0.3 is 5.97 Å². The number of rotatable bonds is 3. The third-order valence-electron chi connectivity index (χ3n) is 4.08. The molecular formula is C22H16O3. The van der Waals surface area contributed by atoms with Crippen LogP contribution in [-0.2, 0) is 4.79 Å². The number of para-hydroxylation sites is 3. The molecule has 0 aliphatic rings. The molecule has 1 heterocycles. The monoisotopic (exact) mass is 328 g/mol. The van der Waals surface area contributed by atoms with E-state index in [0.29, 0.717) is 11.3 Å². The maximum atomic E-state index is 12.3. The van der Waals surface area contributed by atoms with E-state index in [1.54, 1.807) is 25.1 Å². The van der Waals surface area contributed by atoms with Crippen molar-refractivity contribution in [3.05, 3.63) is 83.9 Å². The molecule has 0 radical (unpaired) electrons. The van der Waals surface area contributed by atoms with Crippen molar-refractivity contribution in [3.63, 3.8) is 0 Å². The highest BCUT2D eigenvalue weighted by molar-refractivity contribution is 6.08. The molecule has 0 fully saturated rings. The van der Waals surface area contributed by atoms with E-state index in [2.05, 4.69) is 0 Å². The number of hydrogen-bond acceptors (Lipinski definition) is 3. The quantitative estimate of drug-likeness (QED) is 0.279. The molecule has 0 aliphatic heterocycles. The standard InChI is InChI=1S/C22H16O3/c1-15(22(23)24-17-9-3-2-4-10-17)14-16-8-7-12-19-18-11-5-6-13-20(18)25-21(16)19/h2-14H,1H3. The van der Waals surface area contributed by atoms with Crippen LogP contribution in [0.4, 0.5) is 0 Å². The van der Waals surface area contributed by atoms with Crippen LogP contribution >= 0.6 is 0 Å². The van der Waals surface area contributed by atoms with Crippen molar-refractivity contribution in [2.75, 3.05) is 0 Å². The number of esters is 1. The largest absolute Gasteiger partial charge is 0.455 e. The Bertz CT molecular complexity index is 1090. The van der Waals surface area contributed by atoms with Crippen LogP contribution in [0.1, 0.15) is 12.5 Å². The normalized spacial score (nSPS) is 11.8. The highest BCUT2D eigenvalue weighted by Gasteiger charge is 2.12. The van der Waals surface area contributed by atoms with Gasteiger partial charge in [-0.25, -0.2) is 4.79 Å². The summed E-state index contributed by atoms with van der Waals surface area (Å²) < 4.78 is 11.4. The summed E-state index contributed by atoms with van der Waals surface area (Å²) in [7, 11) is 0. The molecule has 122 valence electrons. The Kier molecular flexibility index (Phi) is 3.82. The van der Waals surface area contributed by atoms with Crippen molar-refractivity contribution in [3.8, 4) is 5.75 Å². The van der Waals surface area contributed by atoms with Crippen molar-refractivity contribution < 1.29 is 13.9 Å². The van der Waals surface area contributed by atoms with Gasteiger partial charge < -0.3 is 9.15 Å². The summed E-state index contributed by atoms with van der Waals surface area (Å²) >= 11 is 0. The summed E-state index contributed by atoms with van der Waals surface area (Å²) in [4.78, 5) is 12.3. The van der Waals surface area contributed by atoms with Gasteiger partial charge in [0, 0.05) is 21.9 Å². The van der Waals surface area contributed by atoms with Gasteiger partial charge in [0.1, 0.15) is 16.9 Å². The van der Waals surface area contributed by atoms with Gasteiger partial charge in [0.2, 0.25) is 0 Å². The van der Waals surface area contributed by atoms with Crippen molar-refractivity contribution in [1.29, 1.82) is 0 Å². The molecule has 4 aromatic rings. The molecule has 0 aliphatic carbocycles. The van der Waals surface area contributed by atoms with E-state index in [1.807, 2.05) is 60.7 Å². The predicted molar refractivity (Wildman–Crippen MR) is 99.4 cm³/mol. The number of fused-ring (bicyclic) bond motifs is 3. The van der Waals surface area contributed by atoms with Gasteiger partial charge in [-0.1, -0.05) is 54.6 Å². The molecule has 25 heavy (non-hydrogen) atoms. The zero-order valence-electron chi connectivity index (χ0n) is 13.7. The first kappa shape index (κ1) is 15.2. The van der Waals surface area contributed by atoms with Gasteiger partial charge in [0.15, 0.2) is 0 Å². The summed E-state index contributed by atoms with van der Waals surface area (Å²) in [5, 5.41) is 2.10. The second-order valence-electron chi connectivity index (χ2n) is 5.85. The summed E-state index contributed by atoms with van der Waals surface area (Å²) in [6.45, 7) is 1.74. The van der Waals surface area contributed by atoms with Crippen LogP contribution in [0.15, 0.2) is 82.8 Å². The molecule has 3 heteroatoms. The van der Waals surface area contributed by atoms with Gasteiger partial charge in [-0.2, -0.15) is 0 Å². The van der Waals surface area contributed by atoms with Gasteiger partial charge in [0.05, 0.1) is 0 Å². The highest BCUT2D eigenvalue weighted by atomic mass is 16.5. The van der Waals surface area contributed by atoms with Crippen LogP contribution in [0.25, 0.3) is 28.0 Å². The van der Waals surface area contributed by atoms with Gasteiger partial charge in [-0.15, -0.1) is 0 Å². The lowest BCUT2D eigenvalue weighted by Gasteiger charge is -2.04. The van der Waals surface area contributed by atoms with E-state index in [0.717, 1.165) is 27.5 Å². The van der Waals surface area contributed by atoms with E-state index in [1.165, 1.54) is 0 Å². The van der Waals surface area contributed by atoms with Crippen LogP contribution in [-0.4, -0.2) is 5.97 Å². The van der Waals surface area contributed by atoms with Crippen LogP contribution in [0.2, 0.25) is 0 Å². The van der Waals surface area contributed by atoms with E-state index >= 15 is 0 Å². The van der Waals surface area contributed by atoms with E-state index in [-0.39, 0.29) is 5.97 Å². The number of hydrogen-bond donors (Lipinski definition) is 0. The first-order valence-electron chi connectivity index (χ1n) is 8.08. The van der Waals surface area contributed by atoms with Gasteiger partial charge in [-0.05, 0) is 31.2 Å². The third kappa shape index (κ3) is 2.92. The minimum Gasteiger partial charge on any atom is -0.455 e. The summed E-state index contributed by atoms with van der Waals surface area (Å²) in [5.74, 6) is 0.154. The molecule has 3 aromatic carbocycles. The average molecular weight is 328 g/mol. The Hall–Kier alpha value is -3.33. The Morgan fingerprint density at radius 2 is 1.60 bits per heavy atom.